The van der Waals surface area contributed by atoms with Gasteiger partial charge in [-0.05, 0) is 11.8 Å². The second kappa shape index (κ2) is 6.62. The lowest BCUT2D eigenvalue weighted by Crippen LogP contribution is -2.23. The summed E-state index contributed by atoms with van der Waals surface area (Å²) < 4.78 is 1.71. The molecular formula is C18H16N2OS. The van der Waals surface area contributed by atoms with Crippen molar-refractivity contribution in [3.05, 3.63) is 82.6 Å². The van der Waals surface area contributed by atoms with Crippen LogP contribution < -0.4 is 5.56 Å². The van der Waals surface area contributed by atoms with E-state index in [0.717, 1.165) is 22.0 Å². The second-order valence-electron chi connectivity index (χ2n) is 4.90. The van der Waals surface area contributed by atoms with Crippen LogP contribution in [-0.2, 0) is 6.54 Å². The Hall–Kier alpha value is -2.33. The number of aromatic nitrogens is 2. The zero-order chi connectivity index (χ0) is 15.4. The third-order valence-electron chi connectivity index (χ3n) is 3.41. The fourth-order valence-electron chi connectivity index (χ4n) is 2.31. The van der Waals surface area contributed by atoms with E-state index >= 15 is 0 Å². The van der Waals surface area contributed by atoms with Gasteiger partial charge in [0, 0.05) is 11.6 Å². The first-order valence-corrected chi connectivity index (χ1v) is 8.25. The maximum atomic E-state index is 12.5. The van der Waals surface area contributed by atoms with E-state index in [1.54, 1.807) is 10.6 Å². The van der Waals surface area contributed by atoms with Crippen molar-refractivity contribution in [1.82, 2.24) is 9.55 Å². The molecule has 2 aromatic carbocycles. The molecule has 0 aliphatic carbocycles. The number of thioether (sulfide) groups is 1. The van der Waals surface area contributed by atoms with E-state index in [1.165, 1.54) is 11.8 Å². The minimum atomic E-state index is -0.0259. The topological polar surface area (TPSA) is 34.9 Å². The Kier molecular flexibility index (Phi) is 4.39. The normalized spacial score (nSPS) is 10.6. The smallest absolute Gasteiger partial charge is 0.255 e. The quantitative estimate of drug-likeness (QED) is 0.545. The molecule has 1 heterocycles. The van der Waals surface area contributed by atoms with Crippen LogP contribution in [0.4, 0.5) is 0 Å². The van der Waals surface area contributed by atoms with Crippen LogP contribution in [0, 0.1) is 0 Å². The van der Waals surface area contributed by atoms with Gasteiger partial charge in [-0.2, -0.15) is 0 Å². The van der Waals surface area contributed by atoms with Crippen LogP contribution in [0.15, 0.2) is 76.7 Å². The molecule has 0 saturated carbocycles. The Balaban J connectivity index is 2.04. The summed E-state index contributed by atoms with van der Waals surface area (Å²) in [6.45, 7) is 0.540. The predicted octanol–water partition coefficient (Wildman–Crippen LogP) is 3.68. The zero-order valence-corrected chi connectivity index (χ0v) is 13.1. The van der Waals surface area contributed by atoms with E-state index in [9.17, 15) is 4.79 Å². The molecular weight excluding hydrogens is 292 g/mol. The van der Waals surface area contributed by atoms with Crippen molar-refractivity contribution in [2.75, 3.05) is 6.26 Å². The van der Waals surface area contributed by atoms with Gasteiger partial charge in [-0.25, -0.2) is 4.98 Å². The number of hydrogen-bond acceptors (Lipinski definition) is 3. The molecule has 0 bridgehead atoms. The van der Waals surface area contributed by atoms with Gasteiger partial charge in [0.2, 0.25) is 0 Å². The molecule has 0 spiro atoms. The van der Waals surface area contributed by atoms with E-state index in [-0.39, 0.29) is 5.56 Å². The van der Waals surface area contributed by atoms with Gasteiger partial charge in [0.05, 0.1) is 12.2 Å². The highest BCUT2D eigenvalue weighted by Crippen LogP contribution is 2.19. The first-order valence-electron chi connectivity index (χ1n) is 7.03. The van der Waals surface area contributed by atoms with Crippen molar-refractivity contribution in [3.63, 3.8) is 0 Å². The van der Waals surface area contributed by atoms with Gasteiger partial charge >= 0.3 is 0 Å². The monoisotopic (exact) mass is 308 g/mol. The summed E-state index contributed by atoms with van der Waals surface area (Å²) in [6, 6.07) is 21.3. The van der Waals surface area contributed by atoms with Gasteiger partial charge in [-0.15, -0.1) is 0 Å². The van der Waals surface area contributed by atoms with E-state index in [1.807, 2.05) is 66.9 Å². The van der Waals surface area contributed by atoms with Crippen LogP contribution in [0.3, 0.4) is 0 Å². The van der Waals surface area contributed by atoms with Crippen LogP contribution in [0.1, 0.15) is 5.56 Å². The molecule has 22 heavy (non-hydrogen) atoms. The average molecular weight is 308 g/mol. The average Bonchev–Trinajstić information content (AvgIpc) is 2.58. The van der Waals surface area contributed by atoms with Gasteiger partial charge < -0.3 is 0 Å². The summed E-state index contributed by atoms with van der Waals surface area (Å²) in [4.78, 5) is 17.2. The number of nitrogens with zero attached hydrogens (tertiary/aromatic N) is 2. The number of rotatable bonds is 4. The number of hydrogen-bond donors (Lipinski definition) is 0. The van der Waals surface area contributed by atoms with E-state index < -0.39 is 0 Å². The van der Waals surface area contributed by atoms with Gasteiger partial charge in [-0.1, -0.05) is 72.4 Å². The van der Waals surface area contributed by atoms with E-state index in [0.29, 0.717) is 6.54 Å². The predicted molar refractivity (Wildman–Crippen MR) is 91.3 cm³/mol. The lowest BCUT2D eigenvalue weighted by atomic mass is 10.1. The fraction of sp³-hybridized carbons (Fsp3) is 0.111. The third kappa shape index (κ3) is 3.12. The van der Waals surface area contributed by atoms with Crippen LogP contribution in [0.25, 0.3) is 11.3 Å². The minimum Gasteiger partial charge on any atom is -0.283 e. The highest BCUT2D eigenvalue weighted by molar-refractivity contribution is 7.98. The molecule has 0 unspecified atom stereocenters. The minimum absolute atomic E-state index is 0.0259. The molecule has 0 aliphatic heterocycles. The summed E-state index contributed by atoms with van der Waals surface area (Å²) >= 11 is 1.49. The third-order valence-corrected chi connectivity index (χ3v) is 4.09. The summed E-state index contributed by atoms with van der Waals surface area (Å²) in [5.41, 5.74) is 2.75. The molecule has 0 atom stereocenters. The SMILES string of the molecule is CSc1nc(-c2ccccc2)cc(=O)n1Cc1ccccc1. The van der Waals surface area contributed by atoms with Crippen molar-refractivity contribution < 1.29 is 0 Å². The summed E-state index contributed by atoms with van der Waals surface area (Å²) in [7, 11) is 0. The summed E-state index contributed by atoms with van der Waals surface area (Å²) in [6.07, 6.45) is 1.94. The molecule has 4 heteroatoms. The van der Waals surface area contributed by atoms with E-state index in [2.05, 4.69) is 4.98 Å². The van der Waals surface area contributed by atoms with E-state index in [4.69, 9.17) is 0 Å². The lowest BCUT2D eigenvalue weighted by Gasteiger charge is -2.12. The van der Waals surface area contributed by atoms with Crippen molar-refractivity contribution in [2.24, 2.45) is 0 Å². The summed E-state index contributed by atoms with van der Waals surface area (Å²) in [5.74, 6) is 0. The molecule has 3 nitrogen and oxygen atoms in total. The van der Waals surface area contributed by atoms with Crippen molar-refractivity contribution in [3.8, 4) is 11.3 Å². The highest BCUT2D eigenvalue weighted by atomic mass is 32.2. The molecule has 3 aromatic rings. The molecule has 0 radical (unpaired) electrons. The van der Waals surface area contributed by atoms with Crippen LogP contribution in [0.5, 0.6) is 0 Å². The van der Waals surface area contributed by atoms with Gasteiger partial charge in [0.15, 0.2) is 5.16 Å². The summed E-state index contributed by atoms with van der Waals surface area (Å²) in [5, 5.41) is 0.732. The lowest BCUT2D eigenvalue weighted by molar-refractivity contribution is 0.648. The van der Waals surface area contributed by atoms with Crippen LogP contribution in [0.2, 0.25) is 0 Å². The Morgan fingerprint density at radius 1 is 1.00 bits per heavy atom. The Bertz CT molecular complexity index is 813. The molecule has 3 rings (SSSR count). The van der Waals surface area contributed by atoms with Crippen LogP contribution >= 0.6 is 11.8 Å². The first kappa shape index (κ1) is 14.6. The highest BCUT2D eigenvalue weighted by Gasteiger charge is 2.09. The van der Waals surface area contributed by atoms with Crippen LogP contribution in [-0.4, -0.2) is 15.8 Å². The standard InChI is InChI=1S/C18H16N2OS/c1-22-18-19-16(15-10-6-3-7-11-15)12-17(21)20(18)13-14-8-4-2-5-9-14/h2-12H,13H2,1H3. The first-order chi connectivity index (χ1) is 10.8. The van der Waals surface area contributed by atoms with Crippen molar-refractivity contribution >= 4 is 11.8 Å². The molecule has 0 fully saturated rings. The maximum Gasteiger partial charge on any atom is 0.255 e. The largest absolute Gasteiger partial charge is 0.283 e. The van der Waals surface area contributed by atoms with Crippen molar-refractivity contribution in [1.29, 1.82) is 0 Å². The molecule has 1 aromatic heterocycles. The van der Waals surface area contributed by atoms with Gasteiger partial charge in [0.1, 0.15) is 0 Å². The zero-order valence-electron chi connectivity index (χ0n) is 12.3. The van der Waals surface area contributed by atoms with Gasteiger partial charge in [0.25, 0.3) is 5.56 Å². The molecule has 0 aliphatic rings. The Morgan fingerprint density at radius 2 is 1.64 bits per heavy atom. The number of benzene rings is 2. The van der Waals surface area contributed by atoms with Crippen molar-refractivity contribution in [2.45, 2.75) is 11.7 Å². The van der Waals surface area contributed by atoms with Gasteiger partial charge in [-0.3, -0.25) is 9.36 Å². The molecule has 0 amide bonds. The fourth-order valence-corrected chi connectivity index (χ4v) is 2.87. The Morgan fingerprint density at radius 3 is 2.27 bits per heavy atom. The second-order valence-corrected chi connectivity index (χ2v) is 5.68. The maximum absolute atomic E-state index is 12.5. The molecule has 0 N–H and O–H groups in total. The Labute approximate surface area is 133 Å². The molecule has 0 saturated heterocycles. The molecule has 110 valence electrons.